The maximum absolute atomic E-state index is 4.11. The standard InChI is InChI=1S/C8H20N2S/c1-3-6-10(2)7-4-9-5-8-11/h9,11H,3-8H2,1-2H3. The molecule has 3 heteroatoms. The van der Waals surface area contributed by atoms with Gasteiger partial charge in [0.15, 0.2) is 0 Å². The molecule has 0 rings (SSSR count). The molecule has 11 heavy (non-hydrogen) atoms. The summed E-state index contributed by atoms with van der Waals surface area (Å²) in [7, 11) is 2.16. The van der Waals surface area contributed by atoms with Crippen molar-refractivity contribution in [3.05, 3.63) is 0 Å². The molecule has 0 spiro atoms. The minimum absolute atomic E-state index is 0.928. The third-order valence-electron chi connectivity index (χ3n) is 1.56. The molecule has 68 valence electrons. The molecule has 0 unspecified atom stereocenters. The van der Waals surface area contributed by atoms with Gasteiger partial charge in [-0.1, -0.05) is 6.92 Å². The Morgan fingerprint density at radius 2 is 2.00 bits per heavy atom. The molecule has 1 N–H and O–H groups in total. The maximum Gasteiger partial charge on any atom is 0.0104 e. The highest BCUT2D eigenvalue weighted by Crippen LogP contribution is 1.83. The Balaban J connectivity index is 2.97. The van der Waals surface area contributed by atoms with Crippen molar-refractivity contribution in [1.29, 1.82) is 0 Å². The molecule has 0 aliphatic carbocycles. The van der Waals surface area contributed by atoms with E-state index in [1.165, 1.54) is 13.0 Å². The Morgan fingerprint density at radius 1 is 1.27 bits per heavy atom. The molecule has 0 aromatic heterocycles. The Kier molecular flexibility index (Phi) is 8.57. The highest BCUT2D eigenvalue weighted by Gasteiger charge is 1.93. The fourth-order valence-corrected chi connectivity index (χ4v) is 1.13. The molecule has 0 aliphatic heterocycles. The zero-order chi connectivity index (χ0) is 8.53. The summed E-state index contributed by atoms with van der Waals surface area (Å²) >= 11 is 4.11. The molecule has 0 amide bonds. The van der Waals surface area contributed by atoms with Gasteiger partial charge in [-0.25, -0.2) is 0 Å². The second-order valence-electron chi connectivity index (χ2n) is 2.78. The van der Waals surface area contributed by atoms with E-state index in [0.29, 0.717) is 0 Å². The van der Waals surface area contributed by atoms with Crippen LogP contribution >= 0.6 is 12.6 Å². The highest BCUT2D eigenvalue weighted by molar-refractivity contribution is 7.80. The molecule has 0 aliphatic rings. The summed E-state index contributed by atoms with van der Waals surface area (Å²) in [5.41, 5.74) is 0. The number of nitrogens with one attached hydrogen (secondary N) is 1. The van der Waals surface area contributed by atoms with E-state index in [1.807, 2.05) is 0 Å². The first-order valence-electron chi connectivity index (χ1n) is 4.31. The van der Waals surface area contributed by atoms with Crippen LogP contribution in [0, 0.1) is 0 Å². The van der Waals surface area contributed by atoms with Crippen molar-refractivity contribution in [2.75, 3.05) is 39.0 Å². The smallest absolute Gasteiger partial charge is 0.0104 e. The molecule has 2 nitrogen and oxygen atoms in total. The quantitative estimate of drug-likeness (QED) is 0.441. The zero-order valence-corrected chi connectivity index (χ0v) is 8.53. The van der Waals surface area contributed by atoms with E-state index in [1.54, 1.807) is 0 Å². The van der Waals surface area contributed by atoms with Crippen LogP contribution in [0.4, 0.5) is 0 Å². The molecule has 0 heterocycles. The summed E-state index contributed by atoms with van der Waals surface area (Å²) in [6.45, 7) is 6.64. The van der Waals surface area contributed by atoms with E-state index in [2.05, 4.69) is 36.8 Å². The summed E-state index contributed by atoms with van der Waals surface area (Å²) in [4.78, 5) is 2.34. The van der Waals surface area contributed by atoms with Gasteiger partial charge >= 0.3 is 0 Å². The summed E-state index contributed by atoms with van der Waals surface area (Å²) in [5, 5.41) is 3.31. The lowest BCUT2D eigenvalue weighted by Crippen LogP contribution is -2.30. The first-order valence-corrected chi connectivity index (χ1v) is 4.94. The average Bonchev–Trinajstić information content (AvgIpc) is 1.99. The van der Waals surface area contributed by atoms with Crippen LogP contribution in [-0.4, -0.2) is 43.9 Å². The number of likely N-dealkylation sites (N-methyl/N-ethyl adjacent to an activating group) is 1. The first kappa shape index (κ1) is 11.3. The molecule has 0 fully saturated rings. The van der Waals surface area contributed by atoms with Crippen LogP contribution in [0.15, 0.2) is 0 Å². The number of thiol groups is 1. The predicted molar refractivity (Wildman–Crippen MR) is 54.5 cm³/mol. The molecule has 0 atom stereocenters. The lowest BCUT2D eigenvalue weighted by atomic mass is 10.4. The molecule has 0 bridgehead atoms. The molecule has 0 aromatic rings. The summed E-state index contributed by atoms with van der Waals surface area (Å²) in [6, 6.07) is 0. The van der Waals surface area contributed by atoms with Crippen LogP contribution in [0.5, 0.6) is 0 Å². The molecule has 0 saturated carbocycles. The molecule has 0 radical (unpaired) electrons. The largest absolute Gasteiger partial charge is 0.315 e. The van der Waals surface area contributed by atoms with Crippen LogP contribution in [-0.2, 0) is 0 Å². The van der Waals surface area contributed by atoms with Crippen molar-refractivity contribution in [1.82, 2.24) is 10.2 Å². The number of hydrogen-bond donors (Lipinski definition) is 2. The summed E-state index contributed by atoms with van der Waals surface area (Å²) < 4.78 is 0. The van der Waals surface area contributed by atoms with Gasteiger partial charge in [0.1, 0.15) is 0 Å². The lowest BCUT2D eigenvalue weighted by molar-refractivity contribution is 0.333. The van der Waals surface area contributed by atoms with Gasteiger partial charge in [0.2, 0.25) is 0 Å². The third kappa shape index (κ3) is 8.17. The van der Waals surface area contributed by atoms with Crippen molar-refractivity contribution >= 4 is 12.6 Å². The van der Waals surface area contributed by atoms with E-state index in [4.69, 9.17) is 0 Å². The Bertz CT molecular complexity index is 78.5. The molecular weight excluding hydrogens is 156 g/mol. The van der Waals surface area contributed by atoms with Crippen molar-refractivity contribution < 1.29 is 0 Å². The molecule has 0 saturated heterocycles. The van der Waals surface area contributed by atoms with Gasteiger partial charge in [-0.15, -0.1) is 0 Å². The maximum atomic E-state index is 4.11. The van der Waals surface area contributed by atoms with Crippen molar-refractivity contribution in [2.45, 2.75) is 13.3 Å². The van der Waals surface area contributed by atoms with Crippen LogP contribution in [0.25, 0.3) is 0 Å². The van der Waals surface area contributed by atoms with Gasteiger partial charge < -0.3 is 10.2 Å². The van der Waals surface area contributed by atoms with Crippen LogP contribution < -0.4 is 5.32 Å². The van der Waals surface area contributed by atoms with Gasteiger partial charge in [-0.05, 0) is 20.0 Å². The number of rotatable bonds is 7. The van der Waals surface area contributed by atoms with Gasteiger partial charge in [-0.2, -0.15) is 12.6 Å². The second kappa shape index (κ2) is 8.37. The van der Waals surface area contributed by atoms with Gasteiger partial charge in [0.05, 0.1) is 0 Å². The van der Waals surface area contributed by atoms with Gasteiger partial charge in [0.25, 0.3) is 0 Å². The van der Waals surface area contributed by atoms with Crippen molar-refractivity contribution in [3.63, 3.8) is 0 Å². The fourth-order valence-electron chi connectivity index (χ4n) is 0.967. The van der Waals surface area contributed by atoms with Crippen LogP contribution in [0.3, 0.4) is 0 Å². The average molecular weight is 176 g/mol. The Morgan fingerprint density at radius 3 is 2.55 bits per heavy atom. The first-order chi connectivity index (χ1) is 5.31. The van der Waals surface area contributed by atoms with Gasteiger partial charge in [-0.3, -0.25) is 0 Å². The fraction of sp³-hybridized carbons (Fsp3) is 1.00. The lowest BCUT2D eigenvalue weighted by Gasteiger charge is -2.15. The highest BCUT2D eigenvalue weighted by atomic mass is 32.1. The number of nitrogens with zero attached hydrogens (tertiary/aromatic N) is 1. The molecular formula is C8H20N2S. The topological polar surface area (TPSA) is 15.3 Å². The van der Waals surface area contributed by atoms with E-state index < -0.39 is 0 Å². The minimum atomic E-state index is 0.928. The van der Waals surface area contributed by atoms with E-state index in [0.717, 1.165) is 25.4 Å². The Labute approximate surface area is 75.8 Å². The Hall–Kier alpha value is 0.270. The summed E-state index contributed by atoms with van der Waals surface area (Å²) in [6.07, 6.45) is 1.24. The SMILES string of the molecule is CCCN(C)CCNCCS. The normalized spacial score (nSPS) is 10.9. The van der Waals surface area contributed by atoms with Crippen LogP contribution in [0.2, 0.25) is 0 Å². The van der Waals surface area contributed by atoms with E-state index in [9.17, 15) is 0 Å². The van der Waals surface area contributed by atoms with Crippen LogP contribution in [0.1, 0.15) is 13.3 Å². The molecule has 0 aromatic carbocycles. The van der Waals surface area contributed by atoms with E-state index >= 15 is 0 Å². The zero-order valence-electron chi connectivity index (χ0n) is 7.64. The monoisotopic (exact) mass is 176 g/mol. The van der Waals surface area contributed by atoms with Crippen molar-refractivity contribution in [2.24, 2.45) is 0 Å². The van der Waals surface area contributed by atoms with Gasteiger partial charge in [0, 0.05) is 25.4 Å². The summed E-state index contributed by atoms with van der Waals surface area (Å²) in [5.74, 6) is 0.928. The van der Waals surface area contributed by atoms with E-state index in [-0.39, 0.29) is 0 Å². The number of hydrogen-bond acceptors (Lipinski definition) is 3. The predicted octanol–water partition coefficient (Wildman–Crippen LogP) is 0.848. The third-order valence-corrected chi connectivity index (χ3v) is 1.79. The van der Waals surface area contributed by atoms with Crippen molar-refractivity contribution in [3.8, 4) is 0 Å². The minimum Gasteiger partial charge on any atom is -0.315 e. The second-order valence-corrected chi connectivity index (χ2v) is 3.22.